The number of benzene rings is 2. The fraction of sp³-hybridized carbons (Fsp3) is 0.167. The second kappa shape index (κ2) is 7.36. The number of esters is 1. The molecule has 1 heterocycles. The van der Waals surface area contributed by atoms with Gasteiger partial charge in [0.15, 0.2) is 0 Å². The second-order valence-electron chi connectivity index (χ2n) is 5.25. The molecule has 118 valence electrons. The number of carbonyl (C=O) groups is 1. The van der Waals surface area contributed by atoms with Crippen molar-refractivity contribution in [1.29, 1.82) is 0 Å². The van der Waals surface area contributed by atoms with Crippen molar-refractivity contribution in [2.75, 3.05) is 6.61 Å². The van der Waals surface area contributed by atoms with E-state index in [9.17, 15) is 4.79 Å². The number of aromatic nitrogens is 1. The summed E-state index contributed by atoms with van der Waals surface area (Å²) in [6.07, 6.45) is 3.60. The molecule has 3 nitrogen and oxygen atoms in total. The van der Waals surface area contributed by atoms with Gasteiger partial charge in [-0.1, -0.05) is 11.6 Å². The molecular weight excluding hydrogens is 425 g/mol. The maximum absolute atomic E-state index is 11.9. The van der Waals surface area contributed by atoms with Crippen LogP contribution in [0.5, 0.6) is 0 Å². The third-order valence-corrected chi connectivity index (χ3v) is 4.59. The minimum Gasteiger partial charge on any atom is -0.462 e. The van der Waals surface area contributed by atoms with Crippen LogP contribution in [0, 0.1) is 3.57 Å². The highest BCUT2D eigenvalue weighted by Gasteiger charge is 2.08. The number of fused-ring (bicyclic) bond motifs is 1. The monoisotopic (exact) mass is 439 g/mol. The molecule has 0 fully saturated rings. The molecule has 0 saturated heterocycles. The Kier molecular flexibility index (Phi) is 5.23. The van der Waals surface area contributed by atoms with Crippen molar-refractivity contribution >= 4 is 51.1 Å². The predicted octanol–water partition coefficient (Wildman–Crippen LogP) is 5.22. The fourth-order valence-electron chi connectivity index (χ4n) is 2.45. The lowest BCUT2D eigenvalue weighted by Crippen LogP contribution is -2.07. The summed E-state index contributed by atoms with van der Waals surface area (Å²) in [4.78, 5) is 15.2. The van der Waals surface area contributed by atoms with Gasteiger partial charge in [0.05, 0.1) is 12.2 Å². The molecule has 0 bridgehead atoms. The first-order valence-electron chi connectivity index (χ1n) is 7.32. The van der Waals surface area contributed by atoms with E-state index in [4.69, 9.17) is 16.3 Å². The molecule has 0 radical (unpaired) electrons. The maximum atomic E-state index is 11.9. The normalized spacial score (nSPS) is 10.9. The Hall–Kier alpha value is -1.53. The third-order valence-electron chi connectivity index (χ3n) is 3.63. The summed E-state index contributed by atoms with van der Waals surface area (Å²) in [5.74, 6) is -0.275. The number of aryl methyl sites for hydroxylation is 1. The molecule has 0 amide bonds. The van der Waals surface area contributed by atoms with Crippen molar-refractivity contribution in [3.8, 4) is 0 Å². The Morgan fingerprint density at radius 2 is 1.96 bits per heavy atom. The average molecular weight is 440 g/mol. The van der Waals surface area contributed by atoms with Crippen LogP contribution in [0.4, 0.5) is 0 Å². The largest absolute Gasteiger partial charge is 0.462 e. The van der Waals surface area contributed by atoms with Gasteiger partial charge >= 0.3 is 5.97 Å². The Morgan fingerprint density at radius 3 is 2.74 bits per heavy atom. The molecule has 3 rings (SSSR count). The predicted molar refractivity (Wildman–Crippen MR) is 101 cm³/mol. The van der Waals surface area contributed by atoms with Gasteiger partial charge in [-0.25, -0.2) is 4.79 Å². The van der Waals surface area contributed by atoms with Crippen molar-refractivity contribution < 1.29 is 9.53 Å². The number of nitrogens with one attached hydrogen (secondary N) is 1. The second-order valence-corrected chi connectivity index (χ2v) is 6.93. The Bertz CT molecular complexity index is 827. The number of halogens is 2. The Labute approximate surface area is 153 Å². The van der Waals surface area contributed by atoms with Crippen LogP contribution in [0.3, 0.4) is 0 Å². The zero-order chi connectivity index (χ0) is 16.2. The topological polar surface area (TPSA) is 42.1 Å². The SMILES string of the molecule is O=C(OCCCc1c[nH]c2ccc(Cl)cc12)c1ccc(I)cc1. The number of rotatable bonds is 5. The van der Waals surface area contributed by atoms with Crippen molar-refractivity contribution in [2.24, 2.45) is 0 Å². The highest BCUT2D eigenvalue weighted by atomic mass is 127. The van der Waals surface area contributed by atoms with Gasteiger partial charge in [0.1, 0.15) is 0 Å². The van der Waals surface area contributed by atoms with Crippen LogP contribution in [0.1, 0.15) is 22.3 Å². The Balaban J connectivity index is 1.54. The summed E-state index contributed by atoms with van der Waals surface area (Å²) < 4.78 is 6.42. The van der Waals surface area contributed by atoms with Crippen molar-refractivity contribution in [1.82, 2.24) is 4.98 Å². The lowest BCUT2D eigenvalue weighted by molar-refractivity contribution is 0.0500. The lowest BCUT2D eigenvalue weighted by atomic mass is 10.1. The van der Waals surface area contributed by atoms with E-state index in [1.54, 1.807) is 12.1 Å². The van der Waals surface area contributed by atoms with E-state index in [1.165, 1.54) is 5.56 Å². The van der Waals surface area contributed by atoms with Crippen LogP contribution < -0.4 is 0 Å². The van der Waals surface area contributed by atoms with Gasteiger partial charge in [0.2, 0.25) is 0 Å². The summed E-state index contributed by atoms with van der Waals surface area (Å²) in [6.45, 7) is 0.401. The van der Waals surface area contributed by atoms with E-state index in [0.29, 0.717) is 12.2 Å². The van der Waals surface area contributed by atoms with Gasteiger partial charge in [0.25, 0.3) is 0 Å². The number of carbonyl (C=O) groups excluding carboxylic acids is 1. The molecule has 0 aliphatic rings. The molecule has 3 aromatic rings. The smallest absolute Gasteiger partial charge is 0.338 e. The summed E-state index contributed by atoms with van der Waals surface area (Å²) in [5.41, 5.74) is 2.84. The van der Waals surface area contributed by atoms with Gasteiger partial charge in [-0.15, -0.1) is 0 Å². The average Bonchev–Trinajstić information content (AvgIpc) is 2.94. The van der Waals surface area contributed by atoms with E-state index < -0.39 is 0 Å². The minimum absolute atomic E-state index is 0.275. The van der Waals surface area contributed by atoms with E-state index in [1.807, 2.05) is 36.5 Å². The molecule has 0 aliphatic heterocycles. The van der Waals surface area contributed by atoms with Crippen LogP contribution in [-0.4, -0.2) is 17.6 Å². The number of hydrogen-bond donors (Lipinski definition) is 1. The van der Waals surface area contributed by atoms with Crippen LogP contribution in [0.25, 0.3) is 10.9 Å². The maximum Gasteiger partial charge on any atom is 0.338 e. The first-order valence-corrected chi connectivity index (χ1v) is 8.77. The van der Waals surface area contributed by atoms with Gasteiger partial charge in [-0.3, -0.25) is 0 Å². The number of ether oxygens (including phenoxy) is 1. The third kappa shape index (κ3) is 4.06. The first kappa shape index (κ1) is 16.3. The molecule has 0 aliphatic carbocycles. The first-order chi connectivity index (χ1) is 11.1. The molecule has 1 N–H and O–H groups in total. The highest BCUT2D eigenvalue weighted by Crippen LogP contribution is 2.23. The molecular formula is C18H15ClINO2. The van der Waals surface area contributed by atoms with Crippen LogP contribution in [-0.2, 0) is 11.2 Å². The Morgan fingerprint density at radius 1 is 1.17 bits per heavy atom. The summed E-state index contributed by atoms with van der Waals surface area (Å²) in [5, 5.41) is 1.85. The number of H-pyrrole nitrogens is 1. The molecule has 0 atom stereocenters. The number of hydrogen-bond acceptors (Lipinski definition) is 2. The summed E-state index contributed by atoms with van der Waals surface area (Å²) >= 11 is 8.25. The molecule has 1 aromatic heterocycles. The van der Waals surface area contributed by atoms with Crippen molar-refractivity contribution in [2.45, 2.75) is 12.8 Å². The molecule has 23 heavy (non-hydrogen) atoms. The summed E-state index contributed by atoms with van der Waals surface area (Å²) in [7, 11) is 0. The van der Waals surface area contributed by atoms with Gasteiger partial charge < -0.3 is 9.72 Å². The molecule has 0 unspecified atom stereocenters. The van der Waals surface area contributed by atoms with E-state index in [2.05, 4.69) is 27.6 Å². The van der Waals surface area contributed by atoms with Crippen molar-refractivity contribution in [3.05, 3.63) is 68.4 Å². The zero-order valence-electron chi connectivity index (χ0n) is 12.3. The highest BCUT2D eigenvalue weighted by molar-refractivity contribution is 14.1. The molecule has 2 aromatic carbocycles. The lowest BCUT2D eigenvalue weighted by Gasteiger charge is -2.05. The molecule has 0 saturated carbocycles. The minimum atomic E-state index is -0.275. The number of aromatic amines is 1. The molecule has 5 heteroatoms. The fourth-order valence-corrected chi connectivity index (χ4v) is 2.99. The van der Waals surface area contributed by atoms with E-state index in [0.717, 1.165) is 32.3 Å². The molecule has 0 spiro atoms. The zero-order valence-corrected chi connectivity index (χ0v) is 15.2. The van der Waals surface area contributed by atoms with E-state index in [-0.39, 0.29) is 5.97 Å². The van der Waals surface area contributed by atoms with Crippen LogP contribution in [0.2, 0.25) is 5.02 Å². The summed E-state index contributed by atoms with van der Waals surface area (Å²) in [6, 6.07) is 13.2. The quantitative estimate of drug-likeness (QED) is 0.337. The van der Waals surface area contributed by atoms with Gasteiger partial charge in [0, 0.05) is 25.7 Å². The van der Waals surface area contributed by atoms with Gasteiger partial charge in [-0.2, -0.15) is 0 Å². The van der Waals surface area contributed by atoms with Crippen LogP contribution >= 0.6 is 34.2 Å². The van der Waals surface area contributed by atoms with E-state index >= 15 is 0 Å². The standard InChI is InChI=1S/C18H15ClINO2/c19-14-5-8-17-16(10-14)13(11-21-17)2-1-9-23-18(22)12-3-6-15(20)7-4-12/h3-8,10-11,21H,1-2,9H2. The van der Waals surface area contributed by atoms with Crippen molar-refractivity contribution in [3.63, 3.8) is 0 Å². The van der Waals surface area contributed by atoms with Crippen LogP contribution in [0.15, 0.2) is 48.7 Å². The van der Waals surface area contributed by atoms with Gasteiger partial charge in [-0.05, 0) is 83.5 Å².